The first kappa shape index (κ1) is 24.2. The summed E-state index contributed by atoms with van der Waals surface area (Å²) in [7, 11) is 0. The molecule has 5 rings (SSSR count). The monoisotopic (exact) mass is 506 g/mol. The number of carbonyl (C=O) groups excluding carboxylic acids is 1. The van der Waals surface area contributed by atoms with Gasteiger partial charge in [0.2, 0.25) is 5.91 Å². The van der Waals surface area contributed by atoms with Crippen LogP contribution in [0.5, 0.6) is 0 Å². The highest BCUT2D eigenvalue weighted by molar-refractivity contribution is 6.33. The molecule has 1 aliphatic heterocycles. The highest BCUT2D eigenvalue weighted by Gasteiger charge is 2.45. The Morgan fingerprint density at radius 3 is 2.29 bits per heavy atom. The van der Waals surface area contributed by atoms with Gasteiger partial charge >= 0.3 is 0 Å². The van der Waals surface area contributed by atoms with Gasteiger partial charge in [0.1, 0.15) is 0 Å². The van der Waals surface area contributed by atoms with Crippen molar-refractivity contribution in [2.45, 2.75) is 50.5 Å². The highest BCUT2D eigenvalue weighted by Crippen LogP contribution is 2.43. The zero-order valence-corrected chi connectivity index (χ0v) is 21.7. The molecule has 35 heavy (non-hydrogen) atoms. The highest BCUT2D eigenvalue weighted by atomic mass is 35.5. The Bertz CT molecular complexity index is 1170. The van der Waals surface area contributed by atoms with Crippen LogP contribution in [-0.2, 0) is 10.2 Å². The summed E-state index contributed by atoms with van der Waals surface area (Å²) in [6.07, 6.45) is 5.24. The van der Waals surface area contributed by atoms with E-state index in [0.717, 1.165) is 59.6 Å². The van der Waals surface area contributed by atoms with E-state index in [2.05, 4.69) is 65.3 Å². The third-order valence-corrected chi connectivity index (χ3v) is 8.33. The zero-order chi connectivity index (χ0) is 24.4. The first-order valence-corrected chi connectivity index (χ1v) is 13.4. The van der Waals surface area contributed by atoms with E-state index in [1.165, 1.54) is 6.42 Å². The average molecular weight is 508 g/mol. The average Bonchev–Trinajstić information content (AvgIpc) is 2.89. The van der Waals surface area contributed by atoms with Crippen LogP contribution in [-0.4, -0.2) is 30.4 Å². The number of anilines is 1. The van der Waals surface area contributed by atoms with Gasteiger partial charge in [-0.15, -0.1) is 0 Å². The summed E-state index contributed by atoms with van der Waals surface area (Å²) in [6, 6.07) is 24.7. The Balaban J connectivity index is 1.50. The molecule has 1 saturated heterocycles. The van der Waals surface area contributed by atoms with Crippen molar-refractivity contribution in [3.05, 3.63) is 99.5 Å². The molecule has 0 N–H and O–H groups in total. The molecule has 5 heteroatoms. The maximum absolute atomic E-state index is 14.3. The summed E-state index contributed by atoms with van der Waals surface area (Å²) in [5.74, 6) is 0.275. The number of hydrogen-bond donors (Lipinski definition) is 0. The quantitative estimate of drug-likeness (QED) is 0.363. The van der Waals surface area contributed by atoms with E-state index >= 15 is 0 Å². The van der Waals surface area contributed by atoms with Crippen molar-refractivity contribution >= 4 is 34.8 Å². The lowest BCUT2D eigenvalue weighted by atomic mass is 9.68. The Kier molecular flexibility index (Phi) is 7.09. The van der Waals surface area contributed by atoms with Crippen molar-refractivity contribution in [3.8, 4) is 0 Å². The molecule has 1 saturated carbocycles. The van der Waals surface area contributed by atoms with Crippen LogP contribution in [0, 0.1) is 6.92 Å². The first-order chi connectivity index (χ1) is 17.0. The van der Waals surface area contributed by atoms with E-state index in [4.69, 9.17) is 23.2 Å². The second-order valence-electron chi connectivity index (χ2n) is 9.98. The van der Waals surface area contributed by atoms with Gasteiger partial charge in [-0.25, -0.2) is 0 Å². The van der Waals surface area contributed by atoms with Crippen molar-refractivity contribution < 1.29 is 4.79 Å². The molecule has 182 valence electrons. The molecule has 0 aromatic heterocycles. The predicted octanol–water partition coefficient (Wildman–Crippen LogP) is 7.59. The molecule has 2 fully saturated rings. The van der Waals surface area contributed by atoms with Gasteiger partial charge in [-0.3, -0.25) is 4.79 Å². The van der Waals surface area contributed by atoms with E-state index in [0.29, 0.717) is 18.1 Å². The number of piperazine rings is 1. The fourth-order valence-electron chi connectivity index (χ4n) is 5.91. The third kappa shape index (κ3) is 4.81. The largest absolute Gasteiger partial charge is 0.360 e. The van der Waals surface area contributed by atoms with Crippen molar-refractivity contribution in [3.63, 3.8) is 0 Å². The standard InChI is InChI=1S/C30H32Cl2N2O/c1-22-10-15-27(26(32)20-22)34-19-18-33(21-28(34)23-11-13-25(31)14-12-23)29(35)30(16-6-3-7-17-30)24-8-4-2-5-9-24/h2,4-5,8-15,20,28H,3,6-7,16-19,21H2,1H3. The molecule has 0 spiro atoms. The minimum atomic E-state index is -0.423. The van der Waals surface area contributed by atoms with Crippen LogP contribution in [0.15, 0.2) is 72.8 Å². The van der Waals surface area contributed by atoms with Crippen LogP contribution in [0.25, 0.3) is 0 Å². The molecule has 3 aromatic rings. The molecule has 1 aliphatic carbocycles. The number of amides is 1. The maximum Gasteiger partial charge on any atom is 0.233 e. The summed E-state index contributed by atoms with van der Waals surface area (Å²) >= 11 is 12.9. The van der Waals surface area contributed by atoms with Crippen molar-refractivity contribution in [1.82, 2.24) is 4.90 Å². The Morgan fingerprint density at radius 2 is 1.60 bits per heavy atom. The lowest BCUT2D eigenvalue weighted by Crippen LogP contribution is -2.56. The maximum atomic E-state index is 14.3. The fourth-order valence-corrected chi connectivity index (χ4v) is 6.38. The van der Waals surface area contributed by atoms with E-state index in [-0.39, 0.29) is 11.9 Å². The molecule has 1 atom stereocenters. The van der Waals surface area contributed by atoms with Crippen LogP contribution < -0.4 is 4.90 Å². The number of nitrogens with zero attached hydrogens (tertiary/aromatic N) is 2. The van der Waals surface area contributed by atoms with Crippen LogP contribution >= 0.6 is 23.2 Å². The second-order valence-corrected chi connectivity index (χ2v) is 10.8. The van der Waals surface area contributed by atoms with Crippen molar-refractivity contribution in [1.29, 1.82) is 0 Å². The van der Waals surface area contributed by atoms with Gasteiger partial charge in [0.15, 0.2) is 0 Å². The van der Waals surface area contributed by atoms with E-state index in [1.807, 2.05) is 24.3 Å². The van der Waals surface area contributed by atoms with E-state index in [1.54, 1.807) is 0 Å². The number of aryl methyl sites for hydroxylation is 1. The molecule has 1 amide bonds. The smallest absolute Gasteiger partial charge is 0.233 e. The van der Waals surface area contributed by atoms with Gasteiger partial charge in [0, 0.05) is 24.7 Å². The van der Waals surface area contributed by atoms with E-state index in [9.17, 15) is 4.79 Å². The van der Waals surface area contributed by atoms with Crippen molar-refractivity contribution in [2.24, 2.45) is 0 Å². The molecular formula is C30H32Cl2N2O. The SMILES string of the molecule is Cc1ccc(N2CCN(C(=O)C3(c4ccccc4)CCCCC3)CC2c2ccc(Cl)cc2)c(Cl)c1. The molecular weight excluding hydrogens is 475 g/mol. The molecule has 3 aromatic carbocycles. The van der Waals surface area contributed by atoms with Crippen LogP contribution in [0.3, 0.4) is 0 Å². The van der Waals surface area contributed by atoms with Gasteiger partial charge in [-0.1, -0.05) is 91.0 Å². The van der Waals surface area contributed by atoms with Gasteiger partial charge in [-0.2, -0.15) is 0 Å². The Hall–Kier alpha value is -2.49. The topological polar surface area (TPSA) is 23.6 Å². The predicted molar refractivity (Wildman–Crippen MR) is 146 cm³/mol. The number of halogens is 2. The first-order valence-electron chi connectivity index (χ1n) is 12.6. The van der Waals surface area contributed by atoms with Gasteiger partial charge in [0.25, 0.3) is 0 Å². The number of rotatable bonds is 4. The second kappa shape index (κ2) is 10.2. The van der Waals surface area contributed by atoms with Gasteiger partial charge in [0.05, 0.1) is 22.2 Å². The molecule has 2 aliphatic rings. The third-order valence-electron chi connectivity index (χ3n) is 7.78. The molecule has 3 nitrogen and oxygen atoms in total. The zero-order valence-electron chi connectivity index (χ0n) is 20.2. The molecule has 1 heterocycles. The summed E-state index contributed by atoms with van der Waals surface area (Å²) < 4.78 is 0. The number of hydrogen-bond acceptors (Lipinski definition) is 2. The normalized spacial score (nSPS) is 20.0. The summed E-state index contributed by atoms with van der Waals surface area (Å²) in [5.41, 5.74) is 4.03. The summed E-state index contributed by atoms with van der Waals surface area (Å²) in [5, 5.41) is 1.46. The fraction of sp³-hybridized carbons (Fsp3) is 0.367. The minimum Gasteiger partial charge on any atom is -0.360 e. The minimum absolute atomic E-state index is 0.00147. The van der Waals surface area contributed by atoms with Gasteiger partial charge < -0.3 is 9.80 Å². The van der Waals surface area contributed by atoms with Crippen molar-refractivity contribution in [2.75, 3.05) is 24.5 Å². The Morgan fingerprint density at radius 1 is 0.886 bits per heavy atom. The Labute approximate surface area is 218 Å². The molecule has 0 radical (unpaired) electrons. The van der Waals surface area contributed by atoms with Crippen LogP contribution in [0.4, 0.5) is 5.69 Å². The van der Waals surface area contributed by atoms with Gasteiger partial charge in [-0.05, 0) is 60.7 Å². The number of carbonyl (C=O) groups is 1. The van der Waals surface area contributed by atoms with Crippen LogP contribution in [0.2, 0.25) is 10.0 Å². The molecule has 1 unspecified atom stereocenters. The summed E-state index contributed by atoms with van der Waals surface area (Å²) in [6.45, 7) is 4.09. The summed E-state index contributed by atoms with van der Waals surface area (Å²) in [4.78, 5) is 18.8. The lowest BCUT2D eigenvalue weighted by Gasteiger charge is -2.47. The van der Waals surface area contributed by atoms with Crippen LogP contribution in [0.1, 0.15) is 54.8 Å². The molecule has 0 bridgehead atoms. The number of benzene rings is 3. The van der Waals surface area contributed by atoms with E-state index < -0.39 is 5.41 Å². The lowest BCUT2D eigenvalue weighted by molar-refractivity contribution is -0.139.